The molecule has 0 aliphatic heterocycles. The minimum atomic E-state index is -0.127. The lowest BCUT2D eigenvalue weighted by molar-refractivity contribution is -0.134. The van der Waals surface area contributed by atoms with Gasteiger partial charge in [0.25, 0.3) is 0 Å². The number of likely N-dealkylation sites (N-methyl/N-ethyl adjacent to an activating group) is 1. The third-order valence-corrected chi connectivity index (χ3v) is 3.80. The number of hydrogen-bond acceptors (Lipinski definition) is 3. The molecule has 0 saturated heterocycles. The third-order valence-electron chi connectivity index (χ3n) is 3.80. The van der Waals surface area contributed by atoms with Gasteiger partial charge < -0.3 is 10.0 Å². The maximum atomic E-state index is 12.1. The maximum absolute atomic E-state index is 12.1. The topological polar surface area (TPSA) is 43.8 Å². The Labute approximate surface area is 112 Å². The second-order valence-corrected chi connectivity index (χ2v) is 6.58. The summed E-state index contributed by atoms with van der Waals surface area (Å²) in [7, 11) is 3.83. The van der Waals surface area contributed by atoms with Crippen molar-refractivity contribution in [2.45, 2.75) is 58.5 Å². The van der Waals surface area contributed by atoms with E-state index in [1.54, 1.807) is 4.90 Å². The quantitative estimate of drug-likeness (QED) is 0.789. The van der Waals surface area contributed by atoms with Crippen molar-refractivity contribution >= 4 is 5.91 Å². The van der Waals surface area contributed by atoms with E-state index in [0.717, 1.165) is 6.42 Å². The van der Waals surface area contributed by atoms with E-state index in [9.17, 15) is 4.79 Å². The van der Waals surface area contributed by atoms with Crippen molar-refractivity contribution in [1.82, 2.24) is 9.80 Å². The van der Waals surface area contributed by atoms with Gasteiger partial charge in [0.15, 0.2) is 0 Å². The SMILES string of the molecule is CN(C(=O)CCC(C)(C)N(C)CCO)C(C)(C)C. The molecular formula is C14H30N2O2. The normalized spacial score (nSPS) is 12.9. The van der Waals surface area contributed by atoms with Crippen LogP contribution in [0.25, 0.3) is 0 Å². The molecule has 0 aromatic heterocycles. The Balaban J connectivity index is 4.36. The van der Waals surface area contributed by atoms with E-state index in [0.29, 0.717) is 13.0 Å². The minimum absolute atomic E-state index is 0.0723. The van der Waals surface area contributed by atoms with Gasteiger partial charge in [-0.25, -0.2) is 0 Å². The fraction of sp³-hybridized carbons (Fsp3) is 0.929. The van der Waals surface area contributed by atoms with E-state index >= 15 is 0 Å². The summed E-state index contributed by atoms with van der Waals surface area (Å²) in [4.78, 5) is 16.0. The van der Waals surface area contributed by atoms with Crippen LogP contribution >= 0.6 is 0 Å². The molecule has 4 nitrogen and oxygen atoms in total. The van der Waals surface area contributed by atoms with Gasteiger partial charge in [-0.1, -0.05) is 0 Å². The van der Waals surface area contributed by atoms with E-state index in [4.69, 9.17) is 5.11 Å². The van der Waals surface area contributed by atoms with Crippen LogP contribution in [0, 0.1) is 0 Å². The van der Waals surface area contributed by atoms with Crippen LogP contribution in [0.1, 0.15) is 47.5 Å². The summed E-state index contributed by atoms with van der Waals surface area (Å²) in [5, 5.41) is 8.96. The Morgan fingerprint density at radius 2 is 1.61 bits per heavy atom. The van der Waals surface area contributed by atoms with Crippen LogP contribution in [0.4, 0.5) is 0 Å². The molecule has 0 aromatic rings. The molecule has 0 bridgehead atoms. The molecule has 0 rings (SSSR count). The molecule has 0 spiro atoms. The molecule has 4 heteroatoms. The highest BCUT2D eigenvalue weighted by atomic mass is 16.3. The Bertz CT molecular complexity index is 269. The summed E-state index contributed by atoms with van der Waals surface area (Å²) >= 11 is 0. The van der Waals surface area contributed by atoms with Crippen molar-refractivity contribution in [2.75, 3.05) is 27.2 Å². The monoisotopic (exact) mass is 258 g/mol. The lowest BCUT2D eigenvalue weighted by atomic mass is 9.95. The van der Waals surface area contributed by atoms with Crippen molar-refractivity contribution < 1.29 is 9.90 Å². The van der Waals surface area contributed by atoms with Gasteiger partial charge in [0.05, 0.1) is 6.61 Å². The van der Waals surface area contributed by atoms with Crippen LogP contribution in [0.2, 0.25) is 0 Å². The summed E-state index contributed by atoms with van der Waals surface area (Å²) in [5.41, 5.74) is -0.199. The van der Waals surface area contributed by atoms with Gasteiger partial charge >= 0.3 is 0 Å². The lowest BCUT2D eigenvalue weighted by Gasteiger charge is -2.37. The highest BCUT2D eigenvalue weighted by Gasteiger charge is 2.27. The standard InChI is InChI=1S/C14H30N2O2/c1-13(2,3)16(7)12(18)8-9-14(4,5)15(6)10-11-17/h17H,8-11H2,1-7H3. The Morgan fingerprint density at radius 1 is 1.11 bits per heavy atom. The molecular weight excluding hydrogens is 228 g/mol. The van der Waals surface area contributed by atoms with Crippen LogP contribution in [-0.2, 0) is 4.79 Å². The van der Waals surface area contributed by atoms with Crippen molar-refractivity contribution in [3.05, 3.63) is 0 Å². The van der Waals surface area contributed by atoms with E-state index < -0.39 is 0 Å². The Kier molecular flexibility index (Phi) is 6.30. The number of amides is 1. The number of aliphatic hydroxyl groups is 1. The molecule has 0 heterocycles. The van der Waals surface area contributed by atoms with E-state index in [2.05, 4.69) is 18.7 Å². The Hall–Kier alpha value is -0.610. The van der Waals surface area contributed by atoms with Crippen LogP contribution in [0.3, 0.4) is 0 Å². The first kappa shape index (κ1) is 17.4. The zero-order valence-electron chi connectivity index (χ0n) is 13.1. The third kappa shape index (κ3) is 5.36. The first-order chi connectivity index (χ1) is 8.02. The van der Waals surface area contributed by atoms with Crippen LogP contribution in [-0.4, -0.2) is 59.1 Å². The molecule has 0 aliphatic carbocycles. The highest BCUT2D eigenvalue weighted by molar-refractivity contribution is 5.76. The van der Waals surface area contributed by atoms with Crippen molar-refractivity contribution in [3.8, 4) is 0 Å². The fourth-order valence-electron chi connectivity index (χ4n) is 1.60. The summed E-state index contributed by atoms with van der Waals surface area (Å²) < 4.78 is 0. The molecule has 18 heavy (non-hydrogen) atoms. The molecule has 0 unspecified atom stereocenters. The number of β-amino-alcohol motifs (C(OH)–C–C–N with tert-alkyl or cyclic N) is 1. The number of carbonyl (C=O) groups is 1. The van der Waals surface area contributed by atoms with Gasteiger partial charge in [0, 0.05) is 31.1 Å². The second kappa shape index (κ2) is 6.53. The van der Waals surface area contributed by atoms with Crippen LogP contribution in [0.5, 0.6) is 0 Å². The van der Waals surface area contributed by atoms with Gasteiger partial charge in [-0.15, -0.1) is 0 Å². The summed E-state index contributed by atoms with van der Waals surface area (Å²) in [6.45, 7) is 11.1. The summed E-state index contributed by atoms with van der Waals surface area (Å²) in [5.74, 6) is 0.174. The first-order valence-electron chi connectivity index (χ1n) is 6.61. The number of carbonyl (C=O) groups excluding carboxylic acids is 1. The van der Waals surface area contributed by atoms with Gasteiger partial charge in [-0.2, -0.15) is 0 Å². The lowest BCUT2D eigenvalue weighted by Crippen LogP contribution is -2.46. The number of hydrogen-bond donors (Lipinski definition) is 1. The second-order valence-electron chi connectivity index (χ2n) is 6.58. The molecule has 0 aromatic carbocycles. The predicted molar refractivity (Wildman–Crippen MR) is 75.6 cm³/mol. The molecule has 0 radical (unpaired) electrons. The molecule has 0 fully saturated rings. The maximum Gasteiger partial charge on any atom is 0.222 e. The number of rotatable bonds is 6. The van der Waals surface area contributed by atoms with Crippen molar-refractivity contribution in [3.63, 3.8) is 0 Å². The predicted octanol–water partition coefficient (Wildman–Crippen LogP) is 1.73. The van der Waals surface area contributed by atoms with E-state index in [1.165, 1.54) is 0 Å². The average Bonchev–Trinajstić information content (AvgIpc) is 2.24. The van der Waals surface area contributed by atoms with Gasteiger partial charge in [-0.3, -0.25) is 9.69 Å². The first-order valence-corrected chi connectivity index (χ1v) is 6.61. The van der Waals surface area contributed by atoms with Gasteiger partial charge in [0.1, 0.15) is 0 Å². The van der Waals surface area contributed by atoms with E-state index in [1.807, 2.05) is 34.9 Å². The van der Waals surface area contributed by atoms with Gasteiger partial charge in [0.2, 0.25) is 5.91 Å². The van der Waals surface area contributed by atoms with Crippen LogP contribution in [0.15, 0.2) is 0 Å². The summed E-state index contributed by atoms with van der Waals surface area (Å²) in [6, 6.07) is 0. The molecule has 1 N–H and O–H groups in total. The number of nitrogens with zero attached hydrogens (tertiary/aromatic N) is 2. The average molecular weight is 258 g/mol. The van der Waals surface area contributed by atoms with Crippen molar-refractivity contribution in [2.24, 2.45) is 0 Å². The Morgan fingerprint density at radius 3 is 2.00 bits per heavy atom. The number of aliphatic hydroxyl groups excluding tert-OH is 1. The van der Waals surface area contributed by atoms with E-state index in [-0.39, 0.29) is 23.6 Å². The zero-order chi connectivity index (χ0) is 14.6. The highest BCUT2D eigenvalue weighted by Crippen LogP contribution is 2.21. The van der Waals surface area contributed by atoms with Crippen molar-refractivity contribution in [1.29, 1.82) is 0 Å². The van der Waals surface area contributed by atoms with Crippen LogP contribution < -0.4 is 0 Å². The zero-order valence-corrected chi connectivity index (χ0v) is 13.1. The fourth-order valence-corrected chi connectivity index (χ4v) is 1.60. The molecule has 0 aliphatic rings. The minimum Gasteiger partial charge on any atom is -0.395 e. The molecule has 1 amide bonds. The molecule has 0 saturated carbocycles. The largest absolute Gasteiger partial charge is 0.395 e. The smallest absolute Gasteiger partial charge is 0.222 e. The molecule has 108 valence electrons. The summed E-state index contributed by atoms with van der Waals surface area (Å²) in [6.07, 6.45) is 1.33. The molecule has 0 atom stereocenters. The van der Waals surface area contributed by atoms with Gasteiger partial charge in [-0.05, 0) is 48.1 Å².